The van der Waals surface area contributed by atoms with Crippen LogP contribution in [0.3, 0.4) is 0 Å². The van der Waals surface area contributed by atoms with Crippen molar-refractivity contribution in [2.45, 2.75) is 19.3 Å². The van der Waals surface area contributed by atoms with Gasteiger partial charge in [0.05, 0.1) is 19.8 Å². The molecular formula is C12H23NO4. The van der Waals surface area contributed by atoms with E-state index in [0.29, 0.717) is 38.8 Å². The van der Waals surface area contributed by atoms with E-state index >= 15 is 0 Å². The Balaban J connectivity index is 1.93. The van der Waals surface area contributed by atoms with Crippen molar-refractivity contribution < 1.29 is 19.0 Å². The highest BCUT2D eigenvalue weighted by atomic mass is 16.6. The molecule has 1 aliphatic rings. The molecule has 1 N–H and O–H groups in total. The molecule has 0 aromatic rings. The Morgan fingerprint density at radius 1 is 1.29 bits per heavy atom. The number of rotatable bonds is 8. The van der Waals surface area contributed by atoms with Gasteiger partial charge in [0.2, 0.25) is 0 Å². The number of carbonyl (C=O) groups is 1. The number of hydrogen-bond acceptors (Lipinski definition) is 5. The quantitative estimate of drug-likeness (QED) is 0.501. The van der Waals surface area contributed by atoms with Crippen molar-refractivity contribution in [3.63, 3.8) is 0 Å². The lowest BCUT2D eigenvalue weighted by Gasteiger charge is -2.21. The second-order valence-corrected chi connectivity index (χ2v) is 4.24. The molecule has 1 aliphatic heterocycles. The van der Waals surface area contributed by atoms with Gasteiger partial charge in [0.1, 0.15) is 6.61 Å². The molecule has 0 saturated carbocycles. The Bertz CT molecular complexity index is 205. The fourth-order valence-corrected chi connectivity index (χ4v) is 1.85. The van der Waals surface area contributed by atoms with Gasteiger partial charge in [-0.15, -0.1) is 0 Å². The van der Waals surface area contributed by atoms with Gasteiger partial charge in [0.25, 0.3) is 0 Å². The molecule has 1 rings (SSSR count). The van der Waals surface area contributed by atoms with Crippen LogP contribution in [0.4, 0.5) is 0 Å². The monoisotopic (exact) mass is 245 g/mol. The normalized spacial score (nSPS) is 20.2. The highest BCUT2D eigenvalue weighted by Gasteiger charge is 2.17. The summed E-state index contributed by atoms with van der Waals surface area (Å²) in [7, 11) is 1.63. The maximum absolute atomic E-state index is 11.5. The van der Waals surface area contributed by atoms with Crippen LogP contribution >= 0.6 is 0 Å². The second kappa shape index (κ2) is 9.39. The maximum atomic E-state index is 11.5. The Morgan fingerprint density at radius 3 is 2.82 bits per heavy atom. The number of carbonyl (C=O) groups excluding carboxylic acids is 1. The van der Waals surface area contributed by atoms with Crippen LogP contribution in [-0.2, 0) is 19.0 Å². The van der Waals surface area contributed by atoms with E-state index in [-0.39, 0.29) is 5.97 Å². The third-order valence-electron chi connectivity index (χ3n) is 2.78. The highest BCUT2D eigenvalue weighted by molar-refractivity contribution is 5.69. The molecule has 0 amide bonds. The van der Waals surface area contributed by atoms with Gasteiger partial charge < -0.3 is 19.5 Å². The van der Waals surface area contributed by atoms with Gasteiger partial charge in [-0.25, -0.2) is 0 Å². The first-order valence-electron chi connectivity index (χ1n) is 6.26. The van der Waals surface area contributed by atoms with Gasteiger partial charge >= 0.3 is 5.97 Å². The molecule has 0 spiro atoms. The predicted molar refractivity (Wildman–Crippen MR) is 63.9 cm³/mol. The average molecular weight is 245 g/mol. The summed E-state index contributed by atoms with van der Waals surface area (Å²) in [6, 6.07) is 0. The van der Waals surface area contributed by atoms with Crippen molar-refractivity contribution in [3.05, 3.63) is 0 Å². The molecule has 0 radical (unpaired) electrons. The van der Waals surface area contributed by atoms with E-state index in [1.54, 1.807) is 7.11 Å². The minimum Gasteiger partial charge on any atom is -0.463 e. The minimum atomic E-state index is -0.117. The summed E-state index contributed by atoms with van der Waals surface area (Å²) in [6.45, 7) is 3.89. The van der Waals surface area contributed by atoms with Crippen molar-refractivity contribution >= 4 is 5.97 Å². The molecule has 1 fully saturated rings. The summed E-state index contributed by atoms with van der Waals surface area (Å²) in [5, 5.41) is 3.28. The number of methoxy groups -OCH3 is 1. The van der Waals surface area contributed by atoms with Gasteiger partial charge in [-0.2, -0.15) is 0 Å². The van der Waals surface area contributed by atoms with Crippen LogP contribution in [0.2, 0.25) is 0 Å². The van der Waals surface area contributed by atoms with E-state index in [1.165, 1.54) is 0 Å². The van der Waals surface area contributed by atoms with Crippen molar-refractivity contribution in [3.8, 4) is 0 Å². The van der Waals surface area contributed by atoms with Crippen LogP contribution in [0.5, 0.6) is 0 Å². The fraction of sp³-hybridized carbons (Fsp3) is 0.917. The van der Waals surface area contributed by atoms with Gasteiger partial charge in [-0.3, -0.25) is 4.79 Å². The third-order valence-corrected chi connectivity index (χ3v) is 2.78. The van der Waals surface area contributed by atoms with Gasteiger partial charge in [0, 0.05) is 13.5 Å². The number of ether oxygens (including phenoxy) is 3. The maximum Gasteiger partial charge on any atom is 0.306 e. The van der Waals surface area contributed by atoms with Gasteiger partial charge in [-0.05, 0) is 31.8 Å². The van der Waals surface area contributed by atoms with E-state index in [1.807, 2.05) is 0 Å². The Hall–Kier alpha value is -0.650. The van der Waals surface area contributed by atoms with E-state index < -0.39 is 0 Å². The first kappa shape index (κ1) is 14.4. The molecule has 5 heteroatoms. The van der Waals surface area contributed by atoms with E-state index in [9.17, 15) is 4.79 Å². The number of hydrogen-bond donors (Lipinski definition) is 1. The lowest BCUT2D eigenvalue weighted by Crippen LogP contribution is -2.31. The van der Waals surface area contributed by atoms with E-state index in [4.69, 9.17) is 14.2 Å². The lowest BCUT2D eigenvalue weighted by molar-refractivity contribution is -0.146. The summed E-state index contributed by atoms with van der Waals surface area (Å²) in [6.07, 6.45) is 2.79. The predicted octanol–water partition coefficient (Wildman–Crippen LogP) is 0.582. The van der Waals surface area contributed by atoms with Crippen LogP contribution < -0.4 is 5.32 Å². The van der Waals surface area contributed by atoms with Crippen molar-refractivity contribution in [2.24, 2.45) is 5.92 Å². The lowest BCUT2D eigenvalue weighted by atomic mass is 9.96. The van der Waals surface area contributed by atoms with Crippen molar-refractivity contribution in [2.75, 3.05) is 46.6 Å². The molecule has 1 atom stereocenters. The second-order valence-electron chi connectivity index (χ2n) is 4.24. The standard InChI is InChI=1S/C12H23NO4/c1-15-5-6-16-7-8-17-12(14)9-11-3-2-4-13-10-11/h11,13H,2-10H2,1H3. The fourth-order valence-electron chi connectivity index (χ4n) is 1.85. The summed E-state index contributed by atoms with van der Waals surface area (Å²) in [5.41, 5.74) is 0. The number of piperidine rings is 1. The van der Waals surface area contributed by atoms with Crippen molar-refractivity contribution in [1.29, 1.82) is 0 Å². The molecule has 17 heavy (non-hydrogen) atoms. The SMILES string of the molecule is COCCOCCOC(=O)CC1CCCNC1. The summed E-state index contributed by atoms with van der Waals surface area (Å²) in [5.74, 6) is 0.319. The first-order valence-corrected chi connectivity index (χ1v) is 6.26. The minimum absolute atomic E-state index is 0.117. The number of esters is 1. The summed E-state index contributed by atoms with van der Waals surface area (Å²) >= 11 is 0. The first-order chi connectivity index (χ1) is 8.33. The largest absolute Gasteiger partial charge is 0.463 e. The van der Waals surface area contributed by atoms with Gasteiger partial charge in [-0.1, -0.05) is 0 Å². The van der Waals surface area contributed by atoms with Crippen LogP contribution in [0.25, 0.3) is 0 Å². The smallest absolute Gasteiger partial charge is 0.306 e. The topological polar surface area (TPSA) is 56.8 Å². The van der Waals surface area contributed by atoms with Crippen LogP contribution in [0.1, 0.15) is 19.3 Å². The molecule has 100 valence electrons. The Labute approximate surface area is 103 Å². The van der Waals surface area contributed by atoms with Crippen molar-refractivity contribution in [1.82, 2.24) is 5.32 Å². The molecule has 0 aromatic heterocycles. The summed E-state index contributed by atoms with van der Waals surface area (Å²) < 4.78 is 15.1. The van der Waals surface area contributed by atoms with Crippen LogP contribution in [-0.4, -0.2) is 52.6 Å². The third kappa shape index (κ3) is 7.31. The van der Waals surface area contributed by atoms with E-state index in [2.05, 4.69) is 5.32 Å². The Morgan fingerprint density at radius 2 is 2.12 bits per heavy atom. The zero-order valence-corrected chi connectivity index (χ0v) is 10.6. The average Bonchev–Trinajstić information content (AvgIpc) is 2.35. The molecule has 0 aromatic carbocycles. The molecule has 1 saturated heterocycles. The van der Waals surface area contributed by atoms with Crippen LogP contribution in [0, 0.1) is 5.92 Å². The zero-order chi connectivity index (χ0) is 12.3. The van der Waals surface area contributed by atoms with Crippen LogP contribution in [0.15, 0.2) is 0 Å². The Kier molecular flexibility index (Phi) is 7.96. The van der Waals surface area contributed by atoms with E-state index in [0.717, 1.165) is 25.9 Å². The summed E-state index contributed by atoms with van der Waals surface area (Å²) in [4.78, 5) is 11.5. The number of nitrogens with one attached hydrogen (secondary N) is 1. The molecular weight excluding hydrogens is 222 g/mol. The molecule has 0 bridgehead atoms. The zero-order valence-electron chi connectivity index (χ0n) is 10.6. The molecule has 0 aliphatic carbocycles. The molecule has 5 nitrogen and oxygen atoms in total. The molecule has 1 heterocycles. The molecule has 1 unspecified atom stereocenters. The van der Waals surface area contributed by atoms with Gasteiger partial charge in [0.15, 0.2) is 0 Å². The highest BCUT2D eigenvalue weighted by Crippen LogP contribution is 2.14.